The quantitative estimate of drug-likeness (QED) is 0.0261. The van der Waals surface area contributed by atoms with Gasteiger partial charge in [-0.05, 0) is 109 Å². The molecule has 424 valence electrons. The van der Waals surface area contributed by atoms with Gasteiger partial charge >= 0.3 is 17.9 Å². The Morgan fingerprint density at radius 2 is 0.493 bits per heavy atom. The van der Waals surface area contributed by atoms with E-state index in [0.717, 1.165) is 83.5 Å². The Morgan fingerprint density at radius 1 is 0.274 bits per heavy atom. The third-order valence-corrected chi connectivity index (χ3v) is 14.0. The number of hydrogen-bond donors (Lipinski definition) is 0. The van der Waals surface area contributed by atoms with E-state index in [2.05, 4.69) is 81.5 Å². The van der Waals surface area contributed by atoms with E-state index in [9.17, 15) is 14.4 Å². The minimum absolute atomic E-state index is 0.0831. The molecule has 0 aliphatic rings. The topological polar surface area (TPSA) is 78.9 Å². The van der Waals surface area contributed by atoms with E-state index < -0.39 is 6.10 Å². The normalized spacial score (nSPS) is 12.4. The average Bonchev–Trinajstić information content (AvgIpc) is 3.39. The van der Waals surface area contributed by atoms with Gasteiger partial charge in [0, 0.05) is 19.3 Å². The molecule has 0 aromatic carbocycles. The molecule has 0 rings (SSSR count). The number of ether oxygens (including phenoxy) is 3. The molecule has 6 heteroatoms. The molecule has 73 heavy (non-hydrogen) atoms. The van der Waals surface area contributed by atoms with Crippen LogP contribution in [0.15, 0.2) is 60.8 Å². The molecule has 0 fully saturated rings. The summed E-state index contributed by atoms with van der Waals surface area (Å²) in [6.07, 6.45) is 77.9. The minimum atomic E-state index is -0.786. The van der Waals surface area contributed by atoms with E-state index in [1.54, 1.807) is 0 Å². The van der Waals surface area contributed by atoms with Crippen molar-refractivity contribution >= 4 is 17.9 Å². The highest BCUT2D eigenvalue weighted by atomic mass is 16.6. The summed E-state index contributed by atoms with van der Waals surface area (Å²) in [5.41, 5.74) is 0. The third-order valence-electron chi connectivity index (χ3n) is 14.0. The first-order valence-electron chi connectivity index (χ1n) is 31.8. The SMILES string of the molecule is CCCCCCC/C=C\C/C=C\C/C=C\CCCCCCCCC(=O)OCC(COC(=O)CCCCCCC/C=C\CCCCCCCCC)OC(=O)CCCCCCCCC/C=C\CCCCCCCCC. The number of carbonyl (C=O) groups excluding carboxylic acids is 3. The van der Waals surface area contributed by atoms with Gasteiger partial charge in [0.1, 0.15) is 13.2 Å². The Kier molecular flexibility index (Phi) is 59.2. The van der Waals surface area contributed by atoms with E-state index in [4.69, 9.17) is 14.2 Å². The Balaban J connectivity index is 4.40. The summed E-state index contributed by atoms with van der Waals surface area (Å²) >= 11 is 0. The standard InChI is InChI=1S/C67H120O6/c1-4-7-10-13-16-19-22-25-28-31-33-34-35-37-39-42-45-48-51-54-57-60-66(69)72-63-64(62-71-65(68)59-56-53-50-47-44-41-38-30-27-24-21-18-15-12-9-6-3)73-67(70)61-58-55-52-49-46-43-40-36-32-29-26-23-20-17-14-11-8-5-2/h22,25,29-33,35,37-38,64H,4-21,23-24,26-28,34,36,39-63H2,1-3H3/b25-22-,32-29-,33-31-,37-35-,38-30-. The van der Waals surface area contributed by atoms with Gasteiger partial charge in [-0.1, -0.05) is 261 Å². The molecule has 0 spiro atoms. The molecule has 1 unspecified atom stereocenters. The van der Waals surface area contributed by atoms with Crippen LogP contribution in [0.2, 0.25) is 0 Å². The van der Waals surface area contributed by atoms with Gasteiger partial charge in [-0.3, -0.25) is 14.4 Å². The molecular formula is C67H120O6. The van der Waals surface area contributed by atoms with Crippen LogP contribution in [-0.2, 0) is 28.6 Å². The van der Waals surface area contributed by atoms with Crippen LogP contribution in [-0.4, -0.2) is 37.2 Å². The van der Waals surface area contributed by atoms with Gasteiger partial charge in [0.25, 0.3) is 0 Å². The maximum Gasteiger partial charge on any atom is 0.306 e. The van der Waals surface area contributed by atoms with E-state index in [0.29, 0.717) is 19.3 Å². The fourth-order valence-corrected chi connectivity index (χ4v) is 9.15. The molecule has 0 saturated carbocycles. The van der Waals surface area contributed by atoms with Crippen LogP contribution in [0.5, 0.6) is 0 Å². The fourth-order valence-electron chi connectivity index (χ4n) is 9.15. The summed E-state index contributed by atoms with van der Waals surface area (Å²) in [5.74, 6) is -0.892. The number of esters is 3. The highest BCUT2D eigenvalue weighted by Gasteiger charge is 2.19. The first-order valence-corrected chi connectivity index (χ1v) is 31.8. The van der Waals surface area contributed by atoms with Crippen molar-refractivity contribution in [1.82, 2.24) is 0 Å². The summed E-state index contributed by atoms with van der Waals surface area (Å²) < 4.78 is 16.9. The van der Waals surface area contributed by atoms with Gasteiger partial charge in [-0.25, -0.2) is 0 Å². The molecule has 0 aliphatic carbocycles. The van der Waals surface area contributed by atoms with Crippen LogP contribution < -0.4 is 0 Å². The van der Waals surface area contributed by atoms with Gasteiger partial charge < -0.3 is 14.2 Å². The van der Waals surface area contributed by atoms with Gasteiger partial charge in [-0.2, -0.15) is 0 Å². The molecule has 0 saturated heterocycles. The Morgan fingerprint density at radius 3 is 0.781 bits per heavy atom. The molecule has 6 nitrogen and oxygen atoms in total. The molecule has 0 aromatic heterocycles. The van der Waals surface area contributed by atoms with E-state index in [-0.39, 0.29) is 31.1 Å². The molecule has 0 amide bonds. The lowest BCUT2D eigenvalue weighted by Gasteiger charge is -2.18. The second-order valence-corrected chi connectivity index (χ2v) is 21.3. The summed E-state index contributed by atoms with van der Waals surface area (Å²) in [7, 11) is 0. The summed E-state index contributed by atoms with van der Waals surface area (Å²) in [4.78, 5) is 38.3. The van der Waals surface area contributed by atoms with Crippen molar-refractivity contribution in [3.8, 4) is 0 Å². The summed E-state index contributed by atoms with van der Waals surface area (Å²) in [6, 6.07) is 0. The van der Waals surface area contributed by atoms with Gasteiger partial charge in [0.2, 0.25) is 0 Å². The lowest BCUT2D eigenvalue weighted by Crippen LogP contribution is -2.30. The van der Waals surface area contributed by atoms with Crippen molar-refractivity contribution < 1.29 is 28.6 Å². The molecule has 0 aliphatic heterocycles. The fraction of sp³-hybridized carbons (Fsp3) is 0.806. The number of carbonyl (C=O) groups is 3. The molecule has 0 radical (unpaired) electrons. The summed E-state index contributed by atoms with van der Waals surface area (Å²) in [6.45, 7) is 6.64. The lowest BCUT2D eigenvalue weighted by molar-refractivity contribution is -0.167. The first-order chi connectivity index (χ1) is 36.0. The number of unbranched alkanes of at least 4 members (excludes halogenated alkanes) is 37. The molecule has 0 bridgehead atoms. The average molecular weight is 1020 g/mol. The Labute approximate surface area is 453 Å². The van der Waals surface area contributed by atoms with Crippen LogP contribution in [0.1, 0.15) is 329 Å². The maximum atomic E-state index is 12.9. The first kappa shape index (κ1) is 70.1. The smallest absolute Gasteiger partial charge is 0.306 e. The van der Waals surface area contributed by atoms with E-state index in [1.165, 1.54) is 205 Å². The van der Waals surface area contributed by atoms with Crippen molar-refractivity contribution in [2.75, 3.05) is 13.2 Å². The van der Waals surface area contributed by atoms with Gasteiger partial charge in [0.15, 0.2) is 6.10 Å². The zero-order valence-corrected chi connectivity index (χ0v) is 48.7. The largest absolute Gasteiger partial charge is 0.462 e. The van der Waals surface area contributed by atoms with Crippen LogP contribution in [0, 0.1) is 0 Å². The van der Waals surface area contributed by atoms with Gasteiger partial charge in [0.05, 0.1) is 0 Å². The molecule has 0 heterocycles. The number of allylic oxidation sites excluding steroid dienone is 10. The molecule has 0 N–H and O–H groups in total. The van der Waals surface area contributed by atoms with E-state index in [1.807, 2.05) is 0 Å². The van der Waals surface area contributed by atoms with Crippen LogP contribution in [0.3, 0.4) is 0 Å². The maximum absolute atomic E-state index is 12.9. The predicted molar refractivity (Wildman–Crippen MR) is 316 cm³/mol. The van der Waals surface area contributed by atoms with Gasteiger partial charge in [-0.15, -0.1) is 0 Å². The lowest BCUT2D eigenvalue weighted by atomic mass is 10.1. The third kappa shape index (κ3) is 59.9. The van der Waals surface area contributed by atoms with Crippen molar-refractivity contribution in [2.24, 2.45) is 0 Å². The molecular weight excluding hydrogens is 901 g/mol. The second-order valence-electron chi connectivity index (χ2n) is 21.3. The minimum Gasteiger partial charge on any atom is -0.462 e. The van der Waals surface area contributed by atoms with Crippen LogP contribution in [0.25, 0.3) is 0 Å². The molecule has 0 aromatic rings. The zero-order chi connectivity index (χ0) is 52.9. The highest BCUT2D eigenvalue weighted by Crippen LogP contribution is 2.16. The Bertz CT molecular complexity index is 1310. The molecule has 1 atom stereocenters. The predicted octanol–water partition coefficient (Wildman–Crippen LogP) is 21.6. The van der Waals surface area contributed by atoms with Crippen molar-refractivity contribution in [1.29, 1.82) is 0 Å². The number of hydrogen-bond acceptors (Lipinski definition) is 6. The van der Waals surface area contributed by atoms with E-state index >= 15 is 0 Å². The summed E-state index contributed by atoms with van der Waals surface area (Å²) in [5, 5.41) is 0. The van der Waals surface area contributed by atoms with Crippen LogP contribution >= 0.6 is 0 Å². The van der Waals surface area contributed by atoms with Crippen molar-refractivity contribution in [3.05, 3.63) is 60.8 Å². The van der Waals surface area contributed by atoms with Crippen molar-refractivity contribution in [2.45, 2.75) is 335 Å². The second kappa shape index (κ2) is 61.7. The highest BCUT2D eigenvalue weighted by molar-refractivity contribution is 5.71. The van der Waals surface area contributed by atoms with Crippen LogP contribution in [0.4, 0.5) is 0 Å². The number of rotatable bonds is 58. The van der Waals surface area contributed by atoms with Crippen molar-refractivity contribution in [3.63, 3.8) is 0 Å². The monoisotopic (exact) mass is 1020 g/mol. The Hall–Kier alpha value is -2.89. The zero-order valence-electron chi connectivity index (χ0n) is 48.7.